The van der Waals surface area contributed by atoms with Gasteiger partial charge in [0.05, 0.1) is 5.92 Å². The van der Waals surface area contributed by atoms with E-state index in [1.807, 2.05) is 6.92 Å². The van der Waals surface area contributed by atoms with Crippen molar-refractivity contribution in [2.45, 2.75) is 13.8 Å². The zero-order chi connectivity index (χ0) is 14.2. The summed E-state index contributed by atoms with van der Waals surface area (Å²) in [5.41, 5.74) is 6.38. The molecule has 1 aromatic carbocycles. The smallest absolute Gasteiger partial charge is 0.254 e. The minimum absolute atomic E-state index is 0.0576. The summed E-state index contributed by atoms with van der Waals surface area (Å²) in [6, 6.07) is 4.08. The minimum atomic E-state index is -0.376. The number of carbonyl (C=O) groups excluding carboxylic acids is 2. The van der Waals surface area contributed by atoms with E-state index in [0.29, 0.717) is 24.2 Å². The van der Waals surface area contributed by atoms with Crippen molar-refractivity contribution in [2.75, 3.05) is 13.1 Å². The average molecular weight is 264 g/mol. The normalized spacial score (nSPS) is 22.6. The zero-order valence-electron chi connectivity index (χ0n) is 11.0. The molecule has 2 atom stereocenters. The minimum Gasteiger partial charge on any atom is -0.369 e. The van der Waals surface area contributed by atoms with Gasteiger partial charge >= 0.3 is 0 Å². The summed E-state index contributed by atoms with van der Waals surface area (Å²) >= 11 is 0. The molecule has 0 spiro atoms. The number of aryl methyl sites for hydroxylation is 1. The maximum atomic E-state index is 13.0. The van der Waals surface area contributed by atoms with Gasteiger partial charge in [0.2, 0.25) is 5.91 Å². The van der Waals surface area contributed by atoms with Crippen LogP contribution in [0.3, 0.4) is 0 Å². The van der Waals surface area contributed by atoms with Crippen molar-refractivity contribution in [2.24, 2.45) is 17.6 Å². The van der Waals surface area contributed by atoms with Crippen LogP contribution in [0, 0.1) is 24.6 Å². The number of benzene rings is 1. The molecule has 0 aromatic heterocycles. The van der Waals surface area contributed by atoms with Crippen LogP contribution in [0.15, 0.2) is 18.2 Å². The lowest BCUT2D eigenvalue weighted by molar-refractivity contribution is -0.122. The summed E-state index contributed by atoms with van der Waals surface area (Å²) in [6.07, 6.45) is 0. The third-order valence-corrected chi connectivity index (χ3v) is 3.68. The van der Waals surface area contributed by atoms with E-state index in [-0.39, 0.29) is 29.5 Å². The molecule has 1 saturated heterocycles. The maximum Gasteiger partial charge on any atom is 0.254 e. The molecule has 1 fully saturated rings. The summed E-state index contributed by atoms with van der Waals surface area (Å²) < 4.78 is 13.0. The van der Waals surface area contributed by atoms with Crippen LogP contribution in [0.4, 0.5) is 4.39 Å². The van der Waals surface area contributed by atoms with Crippen LogP contribution < -0.4 is 5.73 Å². The summed E-state index contributed by atoms with van der Waals surface area (Å²) in [6.45, 7) is 4.44. The number of nitrogens with two attached hydrogens (primary N) is 1. The standard InChI is InChI=1S/C14H17FN2O2/c1-8-5-10(15)3-4-11(8)14(19)17-6-9(2)12(7-17)13(16)18/h3-5,9,12H,6-7H2,1-2H3,(H2,16,18)/t9-,12-/m1/s1. The summed E-state index contributed by atoms with van der Waals surface area (Å²) in [5, 5.41) is 0. The lowest BCUT2D eigenvalue weighted by Crippen LogP contribution is -2.32. The van der Waals surface area contributed by atoms with Crippen molar-refractivity contribution in [3.05, 3.63) is 35.1 Å². The molecule has 2 amide bonds. The van der Waals surface area contributed by atoms with E-state index < -0.39 is 0 Å². The Morgan fingerprint density at radius 3 is 2.58 bits per heavy atom. The van der Waals surface area contributed by atoms with Crippen LogP contribution in [0.25, 0.3) is 0 Å². The molecule has 1 aliphatic heterocycles. The van der Waals surface area contributed by atoms with Gasteiger partial charge in [-0.15, -0.1) is 0 Å². The maximum absolute atomic E-state index is 13.0. The Morgan fingerprint density at radius 1 is 1.37 bits per heavy atom. The molecule has 1 aliphatic rings. The van der Waals surface area contributed by atoms with E-state index in [9.17, 15) is 14.0 Å². The van der Waals surface area contributed by atoms with Gasteiger partial charge in [0.15, 0.2) is 0 Å². The second-order valence-corrected chi connectivity index (χ2v) is 5.16. The average Bonchev–Trinajstić information content (AvgIpc) is 2.70. The fourth-order valence-electron chi connectivity index (χ4n) is 2.54. The van der Waals surface area contributed by atoms with Gasteiger partial charge in [0, 0.05) is 18.7 Å². The molecule has 4 nitrogen and oxygen atoms in total. The van der Waals surface area contributed by atoms with E-state index in [1.54, 1.807) is 11.8 Å². The van der Waals surface area contributed by atoms with Gasteiger partial charge in [-0.3, -0.25) is 9.59 Å². The van der Waals surface area contributed by atoms with Gasteiger partial charge in [-0.1, -0.05) is 6.92 Å². The fraction of sp³-hybridized carbons (Fsp3) is 0.429. The number of amides is 2. The first-order chi connectivity index (χ1) is 8.90. The molecule has 2 rings (SSSR count). The lowest BCUT2D eigenvalue weighted by atomic mass is 9.98. The highest BCUT2D eigenvalue weighted by Crippen LogP contribution is 2.25. The molecule has 2 N–H and O–H groups in total. The van der Waals surface area contributed by atoms with E-state index in [0.717, 1.165) is 0 Å². The number of hydrogen-bond donors (Lipinski definition) is 1. The third-order valence-electron chi connectivity index (χ3n) is 3.68. The molecule has 0 radical (unpaired) electrons. The van der Waals surface area contributed by atoms with Crippen LogP contribution in [0.1, 0.15) is 22.8 Å². The van der Waals surface area contributed by atoms with Gasteiger partial charge in [-0.25, -0.2) is 4.39 Å². The van der Waals surface area contributed by atoms with Gasteiger partial charge in [-0.2, -0.15) is 0 Å². The van der Waals surface area contributed by atoms with Crippen molar-refractivity contribution in [3.63, 3.8) is 0 Å². The first-order valence-electron chi connectivity index (χ1n) is 6.25. The van der Waals surface area contributed by atoms with Crippen LogP contribution in [-0.4, -0.2) is 29.8 Å². The molecular formula is C14H17FN2O2. The van der Waals surface area contributed by atoms with E-state index in [4.69, 9.17) is 5.73 Å². The topological polar surface area (TPSA) is 63.4 Å². The Kier molecular flexibility index (Phi) is 3.55. The molecule has 0 saturated carbocycles. The second-order valence-electron chi connectivity index (χ2n) is 5.16. The van der Waals surface area contributed by atoms with Crippen molar-refractivity contribution < 1.29 is 14.0 Å². The number of halogens is 1. The molecule has 0 aliphatic carbocycles. The Labute approximate surface area is 111 Å². The van der Waals surface area contributed by atoms with Crippen molar-refractivity contribution in [1.29, 1.82) is 0 Å². The molecule has 1 aromatic rings. The van der Waals surface area contributed by atoms with Crippen molar-refractivity contribution >= 4 is 11.8 Å². The summed E-state index contributed by atoms with van der Waals surface area (Å²) in [7, 11) is 0. The Morgan fingerprint density at radius 2 is 2.05 bits per heavy atom. The quantitative estimate of drug-likeness (QED) is 0.875. The number of primary amides is 1. The highest BCUT2D eigenvalue weighted by molar-refractivity contribution is 5.96. The van der Waals surface area contributed by atoms with E-state index in [1.165, 1.54) is 18.2 Å². The highest BCUT2D eigenvalue weighted by atomic mass is 19.1. The summed E-state index contributed by atoms with van der Waals surface area (Å²) in [4.78, 5) is 25.2. The second kappa shape index (κ2) is 4.99. The number of nitrogens with zero attached hydrogens (tertiary/aromatic N) is 1. The number of likely N-dealkylation sites (tertiary alicyclic amines) is 1. The summed E-state index contributed by atoms with van der Waals surface area (Å²) in [5.74, 6) is -1.16. The van der Waals surface area contributed by atoms with Crippen LogP contribution >= 0.6 is 0 Å². The predicted molar refractivity (Wildman–Crippen MR) is 68.9 cm³/mol. The SMILES string of the molecule is Cc1cc(F)ccc1C(=O)N1C[C@@H](C)[C@H](C(N)=O)C1. The molecule has 0 unspecified atom stereocenters. The van der Waals surface area contributed by atoms with Gasteiger partial charge in [0.25, 0.3) is 5.91 Å². The van der Waals surface area contributed by atoms with Crippen LogP contribution in [-0.2, 0) is 4.79 Å². The molecule has 0 bridgehead atoms. The first-order valence-corrected chi connectivity index (χ1v) is 6.25. The van der Waals surface area contributed by atoms with Crippen molar-refractivity contribution in [1.82, 2.24) is 4.90 Å². The first kappa shape index (κ1) is 13.5. The molecule has 19 heavy (non-hydrogen) atoms. The number of hydrogen-bond acceptors (Lipinski definition) is 2. The number of rotatable bonds is 2. The predicted octanol–water partition coefficient (Wildman–Crippen LogP) is 1.33. The molecular weight excluding hydrogens is 247 g/mol. The Balaban J connectivity index is 2.19. The lowest BCUT2D eigenvalue weighted by Gasteiger charge is -2.17. The number of carbonyl (C=O) groups is 2. The van der Waals surface area contributed by atoms with E-state index >= 15 is 0 Å². The highest BCUT2D eigenvalue weighted by Gasteiger charge is 2.36. The Hall–Kier alpha value is -1.91. The van der Waals surface area contributed by atoms with E-state index in [2.05, 4.69) is 0 Å². The van der Waals surface area contributed by atoms with Gasteiger partial charge in [0.1, 0.15) is 5.82 Å². The molecule has 5 heteroatoms. The zero-order valence-corrected chi connectivity index (χ0v) is 11.0. The molecule has 102 valence electrons. The van der Waals surface area contributed by atoms with Crippen LogP contribution in [0.2, 0.25) is 0 Å². The largest absolute Gasteiger partial charge is 0.369 e. The third kappa shape index (κ3) is 2.59. The molecule has 1 heterocycles. The van der Waals surface area contributed by atoms with Crippen molar-refractivity contribution in [3.8, 4) is 0 Å². The monoisotopic (exact) mass is 264 g/mol. The van der Waals surface area contributed by atoms with Gasteiger partial charge < -0.3 is 10.6 Å². The fourth-order valence-corrected chi connectivity index (χ4v) is 2.54. The van der Waals surface area contributed by atoms with Gasteiger partial charge in [-0.05, 0) is 36.6 Å². The Bertz CT molecular complexity index is 530. The van der Waals surface area contributed by atoms with Crippen LogP contribution in [0.5, 0.6) is 0 Å².